The van der Waals surface area contributed by atoms with Gasteiger partial charge in [0.25, 0.3) is 0 Å². The fourth-order valence-electron chi connectivity index (χ4n) is 3.72. The van der Waals surface area contributed by atoms with Gasteiger partial charge in [-0.1, -0.05) is 32.0 Å². The molecule has 0 saturated heterocycles. The molecule has 0 radical (unpaired) electrons. The molecule has 1 aliphatic carbocycles. The molecule has 0 aromatic heterocycles. The molecule has 0 bridgehead atoms. The number of benzene rings is 1. The maximum absolute atomic E-state index is 11.6. The average Bonchev–Trinajstić information content (AvgIpc) is 2.59. The van der Waals surface area contributed by atoms with Crippen LogP contribution in [0.4, 0.5) is 4.79 Å². The van der Waals surface area contributed by atoms with Crippen LogP contribution in [0.3, 0.4) is 0 Å². The van der Waals surface area contributed by atoms with E-state index in [0.29, 0.717) is 19.2 Å². The van der Waals surface area contributed by atoms with Crippen molar-refractivity contribution in [2.75, 3.05) is 19.7 Å². The molecule has 4 nitrogen and oxygen atoms in total. The molecule has 1 unspecified atom stereocenters. The number of aryl methyl sites for hydroxylation is 1. The number of carbonyl (C=O) groups excluding carboxylic acids is 1. The zero-order valence-electron chi connectivity index (χ0n) is 15.8. The van der Waals surface area contributed by atoms with Crippen LogP contribution in [0.1, 0.15) is 56.7 Å². The summed E-state index contributed by atoms with van der Waals surface area (Å²) in [5.41, 5.74) is 4.11. The summed E-state index contributed by atoms with van der Waals surface area (Å²) in [5, 5.41) is 2.87. The quantitative estimate of drug-likeness (QED) is 0.742. The summed E-state index contributed by atoms with van der Waals surface area (Å²) < 4.78 is 4.97. The third-order valence-corrected chi connectivity index (χ3v) is 4.79. The molecule has 1 aromatic carbocycles. The molecule has 0 heterocycles. The Morgan fingerprint density at radius 2 is 1.96 bits per heavy atom. The van der Waals surface area contributed by atoms with E-state index >= 15 is 0 Å². The topological polar surface area (TPSA) is 41.6 Å². The highest BCUT2D eigenvalue weighted by atomic mass is 35.5. The van der Waals surface area contributed by atoms with Gasteiger partial charge in [-0.2, -0.15) is 0 Å². The standard InChI is InChI=1S/C20H32N2O2.ClH/c1-4-12-22(13-5-2)18-11-10-16-8-7-9-17(19(16)14-18)15-21-20(23)24-6-3;/h7-9,18H,4-6,10-15H2,1-3H3,(H,21,23);1H. The first-order chi connectivity index (χ1) is 11.7. The second-order valence-corrected chi connectivity index (χ2v) is 6.56. The monoisotopic (exact) mass is 368 g/mol. The van der Waals surface area contributed by atoms with Gasteiger partial charge in [0, 0.05) is 12.6 Å². The molecule has 2 rings (SSSR count). The van der Waals surface area contributed by atoms with E-state index in [4.69, 9.17) is 4.74 Å². The minimum atomic E-state index is -0.332. The number of hydrogen-bond donors (Lipinski definition) is 1. The summed E-state index contributed by atoms with van der Waals surface area (Å²) in [6.45, 7) is 9.65. The normalized spacial score (nSPS) is 16.1. The van der Waals surface area contributed by atoms with Crippen LogP contribution in [-0.4, -0.2) is 36.7 Å². The summed E-state index contributed by atoms with van der Waals surface area (Å²) in [5.74, 6) is 0. The zero-order chi connectivity index (χ0) is 17.4. The van der Waals surface area contributed by atoms with Gasteiger partial charge in [0.05, 0.1) is 6.61 Å². The molecule has 1 atom stereocenters. The van der Waals surface area contributed by atoms with Crippen LogP contribution in [-0.2, 0) is 24.1 Å². The van der Waals surface area contributed by atoms with Crippen LogP contribution in [0.5, 0.6) is 0 Å². The Labute approximate surface area is 158 Å². The van der Waals surface area contributed by atoms with E-state index in [1.54, 1.807) is 0 Å². The number of nitrogens with zero attached hydrogens (tertiary/aromatic N) is 1. The molecule has 1 aliphatic rings. The number of alkyl carbamates (subject to hydrolysis) is 1. The molecule has 25 heavy (non-hydrogen) atoms. The third-order valence-electron chi connectivity index (χ3n) is 4.79. The Kier molecular flexibility index (Phi) is 9.91. The van der Waals surface area contributed by atoms with Crippen molar-refractivity contribution < 1.29 is 9.53 Å². The summed E-state index contributed by atoms with van der Waals surface area (Å²) in [6, 6.07) is 7.11. The Hall–Kier alpha value is -1.26. The van der Waals surface area contributed by atoms with Crippen molar-refractivity contribution in [3.63, 3.8) is 0 Å². The van der Waals surface area contributed by atoms with Gasteiger partial charge in [-0.15, -0.1) is 12.4 Å². The van der Waals surface area contributed by atoms with Crippen LogP contribution in [0.2, 0.25) is 0 Å². The van der Waals surface area contributed by atoms with Gasteiger partial charge in [0.2, 0.25) is 0 Å². The van der Waals surface area contributed by atoms with E-state index in [2.05, 4.69) is 42.3 Å². The highest BCUT2D eigenvalue weighted by molar-refractivity contribution is 5.85. The van der Waals surface area contributed by atoms with Gasteiger partial charge >= 0.3 is 6.09 Å². The number of nitrogens with one attached hydrogen (secondary N) is 1. The minimum Gasteiger partial charge on any atom is -0.450 e. The Bertz CT molecular complexity index is 530. The predicted molar refractivity (Wildman–Crippen MR) is 106 cm³/mol. The van der Waals surface area contributed by atoms with Gasteiger partial charge < -0.3 is 15.0 Å². The molecular weight excluding hydrogens is 336 g/mol. The van der Waals surface area contributed by atoms with Crippen LogP contribution >= 0.6 is 12.4 Å². The number of halogens is 1. The number of amides is 1. The van der Waals surface area contributed by atoms with Crippen molar-refractivity contribution in [2.24, 2.45) is 0 Å². The number of fused-ring (bicyclic) bond motifs is 1. The molecule has 1 aromatic rings. The van der Waals surface area contributed by atoms with Gasteiger partial charge in [0.1, 0.15) is 0 Å². The number of ether oxygens (including phenoxy) is 1. The Morgan fingerprint density at radius 1 is 1.24 bits per heavy atom. The predicted octanol–water partition coefficient (Wildman–Crippen LogP) is 4.33. The Balaban J connectivity index is 0.00000312. The van der Waals surface area contributed by atoms with Crippen molar-refractivity contribution in [3.8, 4) is 0 Å². The van der Waals surface area contributed by atoms with Gasteiger partial charge in [-0.3, -0.25) is 0 Å². The molecule has 0 saturated carbocycles. The lowest BCUT2D eigenvalue weighted by Gasteiger charge is -2.36. The SMILES string of the molecule is CCCN(CCC)C1CCc2cccc(CNC(=O)OCC)c2C1.Cl. The highest BCUT2D eigenvalue weighted by Gasteiger charge is 2.25. The van der Waals surface area contributed by atoms with Crippen molar-refractivity contribution in [1.82, 2.24) is 10.2 Å². The largest absolute Gasteiger partial charge is 0.450 e. The van der Waals surface area contributed by atoms with E-state index in [9.17, 15) is 4.79 Å². The van der Waals surface area contributed by atoms with Crippen LogP contribution in [0, 0.1) is 0 Å². The molecule has 5 heteroatoms. The number of carbonyl (C=O) groups is 1. The fraction of sp³-hybridized carbons (Fsp3) is 0.650. The minimum absolute atomic E-state index is 0. The number of hydrogen-bond acceptors (Lipinski definition) is 3. The first kappa shape index (κ1) is 21.8. The summed E-state index contributed by atoms with van der Waals surface area (Å²) in [6.07, 6.45) is 5.54. The molecule has 0 aliphatic heterocycles. The highest BCUT2D eigenvalue weighted by Crippen LogP contribution is 2.27. The molecule has 142 valence electrons. The van der Waals surface area contributed by atoms with Gasteiger partial charge in [0.15, 0.2) is 0 Å². The van der Waals surface area contributed by atoms with Crippen molar-refractivity contribution in [1.29, 1.82) is 0 Å². The fourth-order valence-corrected chi connectivity index (χ4v) is 3.72. The van der Waals surface area contributed by atoms with E-state index in [1.807, 2.05) is 6.92 Å². The third kappa shape index (κ3) is 6.19. The summed E-state index contributed by atoms with van der Waals surface area (Å²) >= 11 is 0. The average molecular weight is 369 g/mol. The van der Waals surface area contributed by atoms with E-state index in [0.717, 1.165) is 12.8 Å². The molecular formula is C20H33ClN2O2. The maximum atomic E-state index is 11.6. The van der Waals surface area contributed by atoms with Crippen molar-refractivity contribution in [2.45, 2.75) is 65.5 Å². The molecule has 1 N–H and O–H groups in total. The maximum Gasteiger partial charge on any atom is 0.407 e. The first-order valence-electron chi connectivity index (χ1n) is 9.43. The number of rotatable bonds is 8. The van der Waals surface area contributed by atoms with Crippen LogP contribution < -0.4 is 5.32 Å². The molecule has 0 spiro atoms. The van der Waals surface area contributed by atoms with E-state index in [1.165, 1.54) is 49.0 Å². The lowest BCUT2D eigenvalue weighted by molar-refractivity contribution is 0.151. The van der Waals surface area contributed by atoms with E-state index < -0.39 is 0 Å². The molecule has 1 amide bonds. The summed E-state index contributed by atoms with van der Waals surface area (Å²) in [7, 11) is 0. The van der Waals surface area contributed by atoms with Crippen LogP contribution in [0.25, 0.3) is 0 Å². The Morgan fingerprint density at radius 3 is 2.60 bits per heavy atom. The van der Waals surface area contributed by atoms with E-state index in [-0.39, 0.29) is 18.5 Å². The lowest BCUT2D eigenvalue weighted by Crippen LogP contribution is -2.40. The molecule has 0 fully saturated rings. The lowest BCUT2D eigenvalue weighted by atomic mass is 9.84. The van der Waals surface area contributed by atoms with Crippen LogP contribution in [0.15, 0.2) is 18.2 Å². The summed E-state index contributed by atoms with van der Waals surface area (Å²) in [4.78, 5) is 14.2. The first-order valence-corrected chi connectivity index (χ1v) is 9.43. The smallest absolute Gasteiger partial charge is 0.407 e. The second kappa shape index (κ2) is 11.4. The van der Waals surface area contributed by atoms with Gasteiger partial charge in [-0.25, -0.2) is 4.79 Å². The van der Waals surface area contributed by atoms with Gasteiger partial charge in [-0.05, 0) is 68.8 Å². The van der Waals surface area contributed by atoms with Crippen molar-refractivity contribution in [3.05, 3.63) is 34.9 Å². The second-order valence-electron chi connectivity index (χ2n) is 6.56. The van der Waals surface area contributed by atoms with Crippen molar-refractivity contribution >= 4 is 18.5 Å². The zero-order valence-corrected chi connectivity index (χ0v) is 16.7.